The van der Waals surface area contributed by atoms with E-state index < -0.39 is 20.3 Å². The maximum atomic E-state index is 2.77. The van der Waals surface area contributed by atoms with Gasteiger partial charge in [-0.3, -0.25) is 0 Å². The average molecular weight is 723 g/mol. The molecule has 0 aromatic heterocycles. The average Bonchev–Trinajstić information content (AvgIpc) is 3.88. The van der Waals surface area contributed by atoms with E-state index in [4.69, 9.17) is 0 Å². The van der Waals surface area contributed by atoms with Crippen molar-refractivity contribution < 1.29 is 45.1 Å². The van der Waals surface area contributed by atoms with Crippen molar-refractivity contribution in [2.75, 3.05) is 0 Å². The molecule has 234 valence electrons. The summed E-state index contributed by atoms with van der Waals surface area (Å²) in [6.45, 7) is 0. The Morgan fingerprint density at radius 2 is 0.848 bits per heavy atom. The van der Waals surface area contributed by atoms with E-state index in [9.17, 15) is 0 Å². The largest absolute Gasteiger partial charge is 1.00 e. The number of fused-ring (bicyclic) bond motifs is 2. The van der Waals surface area contributed by atoms with Crippen LogP contribution < -0.4 is 24.8 Å². The standard InChI is InChI=1S/2C20H19.C3H6.2ClH.Zr/c2*1-2-9-16(10-3-1)19-12-6-11-17-13-18(14-20(17)19)15-7-4-5-8-15;1-3-2;;;/h2*1-3,6,9-15H,4-5,7-8H2;1-3H2;2*1H;/q;;;;;+2/p-2. The molecule has 0 radical (unpaired) electrons. The van der Waals surface area contributed by atoms with Gasteiger partial charge >= 0.3 is 270 Å². The molecule has 4 aromatic carbocycles. The number of allylic oxidation sites excluding steroid dienone is 2. The van der Waals surface area contributed by atoms with Crippen LogP contribution in [0.3, 0.4) is 0 Å². The summed E-state index contributed by atoms with van der Waals surface area (Å²) >= 11 is -2.90. The number of hydrogen-bond acceptors (Lipinski definition) is 0. The van der Waals surface area contributed by atoms with Crippen molar-refractivity contribution in [3.63, 3.8) is 0 Å². The molecule has 4 aliphatic carbocycles. The van der Waals surface area contributed by atoms with Crippen molar-refractivity contribution in [3.8, 4) is 22.3 Å². The molecule has 0 N–H and O–H groups in total. The number of benzene rings is 4. The molecule has 2 atom stereocenters. The molecule has 3 fully saturated rings. The van der Waals surface area contributed by atoms with Crippen LogP contribution in [0.5, 0.6) is 0 Å². The van der Waals surface area contributed by atoms with Gasteiger partial charge in [-0.05, 0) is 0 Å². The summed E-state index contributed by atoms with van der Waals surface area (Å²) in [6, 6.07) is 37.3. The van der Waals surface area contributed by atoms with Crippen LogP contribution in [0.25, 0.3) is 34.4 Å². The summed E-state index contributed by atoms with van der Waals surface area (Å²) in [6.07, 6.45) is 18.3. The zero-order chi connectivity index (χ0) is 29.1. The first kappa shape index (κ1) is 32.4. The van der Waals surface area contributed by atoms with Gasteiger partial charge in [0.2, 0.25) is 0 Å². The zero-order valence-corrected chi connectivity index (χ0v) is 30.7. The van der Waals surface area contributed by atoms with Gasteiger partial charge in [-0.1, -0.05) is 0 Å². The second-order valence-corrected chi connectivity index (χ2v) is 25.9. The first-order valence-electron chi connectivity index (χ1n) is 17.6. The Morgan fingerprint density at radius 3 is 1.22 bits per heavy atom. The van der Waals surface area contributed by atoms with E-state index in [0.717, 1.165) is 19.1 Å². The van der Waals surface area contributed by atoms with Crippen LogP contribution in [0.2, 0.25) is 8.26 Å². The SMILES string of the molecule is C1=C(C2CCCC2)[CH]([Zr+2]2([CH]3C(C4CCCC4)=Cc4c(-c5ccccc5)cccc43)[CH2]C[CH2]2)c2cccc(-c3ccccc3)c21.[Cl-].[Cl-]. The molecular formula is C43H44Cl2Zr. The molecule has 1 aliphatic heterocycles. The Balaban J connectivity index is 0.00000169. The first-order valence-corrected chi connectivity index (χ1v) is 23.9. The molecule has 5 aliphatic rings. The van der Waals surface area contributed by atoms with E-state index in [2.05, 4.69) is 109 Å². The molecule has 3 heteroatoms. The third-order valence-electron chi connectivity index (χ3n) is 12.4. The molecule has 2 unspecified atom stereocenters. The van der Waals surface area contributed by atoms with Gasteiger partial charge in [-0.2, -0.15) is 0 Å². The third kappa shape index (κ3) is 5.20. The van der Waals surface area contributed by atoms with Crippen LogP contribution in [-0.2, 0) is 20.3 Å². The van der Waals surface area contributed by atoms with E-state index in [1.165, 1.54) is 80.0 Å². The molecule has 9 rings (SSSR count). The molecular weight excluding hydrogens is 679 g/mol. The fourth-order valence-corrected chi connectivity index (χ4v) is 26.1. The first-order chi connectivity index (χ1) is 21.8. The second-order valence-electron chi connectivity index (χ2n) is 14.6. The molecule has 1 heterocycles. The zero-order valence-electron chi connectivity index (χ0n) is 26.7. The van der Waals surface area contributed by atoms with Gasteiger partial charge < -0.3 is 24.8 Å². The Kier molecular flexibility index (Phi) is 9.42. The molecule has 0 bridgehead atoms. The Labute approximate surface area is 293 Å². The number of hydrogen-bond donors (Lipinski definition) is 0. The van der Waals surface area contributed by atoms with Gasteiger partial charge in [-0.15, -0.1) is 0 Å². The summed E-state index contributed by atoms with van der Waals surface area (Å²) in [4.78, 5) is 0. The van der Waals surface area contributed by atoms with Crippen molar-refractivity contribution in [2.24, 2.45) is 11.8 Å². The minimum absolute atomic E-state index is 0. The molecule has 4 aromatic rings. The number of rotatable bonds is 6. The van der Waals surface area contributed by atoms with Gasteiger partial charge in [0.25, 0.3) is 0 Å². The predicted octanol–water partition coefficient (Wildman–Crippen LogP) is 6.38. The monoisotopic (exact) mass is 720 g/mol. The second kappa shape index (κ2) is 13.4. The molecule has 0 amide bonds. The van der Waals surface area contributed by atoms with E-state index >= 15 is 0 Å². The van der Waals surface area contributed by atoms with Gasteiger partial charge in [0.1, 0.15) is 0 Å². The minimum Gasteiger partial charge on any atom is -1.00 e. The van der Waals surface area contributed by atoms with Crippen molar-refractivity contribution in [1.29, 1.82) is 0 Å². The summed E-state index contributed by atoms with van der Waals surface area (Å²) in [5, 5.41) is 0. The Hall–Kier alpha value is -2.18. The van der Waals surface area contributed by atoms with Crippen molar-refractivity contribution >= 4 is 12.2 Å². The fraction of sp³-hybridized carbons (Fsp3) is 0.349. The maximum Gasteiger partial charge on any atom is -1.00 e. The minimum atomic E-state index is -2.90. The van der Waals surface area contributed by atoms with Crippen LogP contribution in [0.15, 0.2) is 108 Å². The van der Waals surface area contributed by atoms with Crippen LogP contribution >= 0.6 is 0 Å². The predicted molar refractivity (Wildman–Crippen MR) is 183 cm³/mol. The van der Waals surface area contributed by atoms with Crippen LogP contribution in [0.4, 0.5) is 0 Å². The topological polar surface area (TPSA) is 0 Å². The molecule has 46 heavy (non-hydrogen) atoms. The third-order valence-corrected chi connectivity index (χ3v) is 27.6. The Bertz CT molecular complexity index is 1630. The van der Waals surface area contributed by atoms with E-state index in [-0.39, 0.29) is 24.8 Å². The van der Waals surface area contributed by atoms with Crippen molar-refractivity contribution in [2.45, 2.75) is 73.3 Å². The fourth-order valence-electron chi connectivity index (χ4n) is 10.4. The van der Waals surface area contributed by atoms with E-state index in [1.54, 1.807) is 30.5 Å². The summed E-state index contributed by atoms with van der Waals surface area (Å²) in [7, 11) is 0. The molecule has 0 nitrogen and oxygen atoms in total. The summed E-state index contributed by atoms with van der Waals surface area (Å²) in [5.41, 5.74) is 16.1. The van der Waals surface area contributed by atoms with Gasteiger partial charge in [0.05, 0.1) is 0 Å². The Morgan fingerprint density at radius 1 is 0.435 bits per heavy atom. The van der Waals surface area contributed by atoms with Crippen molar-refractivity contribution in [1.82, 2.24) is 0 Å². The quantitative estimate of drug-likeness (QED) is 0.217. The van der Waals surface area contributed by atoms with Crippen LogP contribution in [0, 0.1) is 11.8 Å². The molecule has 1 saturated heterocycles. The van der Waals surface area contributed by atoms with Crippen LogP contribution in [0.1, 0.15) is 87.3 Å². The molecule has 2 saturated carbocycles. The number of halogens is 2. The van der Waals surface area contributed by atoms with Crippen LogP contribution in [-0.4, -0.2) is 0 Å². The van der Waals surface area contributed by atoms with Crippen molar-refractivity contribution in [3.05, 3.63) is 130 Å². The van der Waals surface area contributed by atoms with Gasteiger partial charge in [-0.25, -0.2) is 0 Å². The normalized spacial score (nSPS) is 22.3. The van der Waals surface area contributed by atoms with Gasteiger partial charge in [0.15, 0.2) is 0 Å². The summed E-state index contributed by atoms with van der Waals surface area (Å²) < 4.78 is 4.59. The maximum absolute atomic E-state index is 2.90. The molecule has 0 spiro atoms. The smallest absolute Gasteiger partial charge is 1.00 e. The summed E-state index contributed by atoms with van der Waals surface area (Å²) in [5.74, 6) is 1.58. The van der Waals surface area contributed by atoms with Gasteiger partial charge in [0, 0.05) is 0 Å². The van der Waals surface area contributed by atoms with E-state index in [0.29, 0.717) is 0 Å². The van der Waals surface area contributed by atoms with E-state index in [1.807, 2.05) is 11.1 Å².